The van der Waals surface area contributed by atoms with E-state index in [1.807, 2.05) is 31.2 Å². The summed E-state index contributed by atoms with van der Waals surface area (Å²) in [6, 6.07) is 14.0. The van der Waals surface area contributed by atoms with Crippen molar-refractivity contribution in [2.45, 2.75) is 19.9 Å². The highest BCUT2D eigenvalue weighted by Crippen LogP contribution is 2.44. The van der Waals surface area contributed by atoms with Crippen LogP contribution in [0.4, 0.5) is 5.69 Å². The van der Waals surface area contributed by atoms with Gasteiger partial charge in [-0.1, -0.05) is 18.2 Å². The fourth-order valence-electron chi connectivity index (χ4n) is 3.72. The number of para-hydroxylation sites is 1. The van der Waals surface area contributed by atoms with E-state index in [1.165, 1.54) is 0 Å². The Hall–Kier alpha value is -3.61. The zero-order chi connectivity index (χ0) is 20.5. The van der Waals surface area contributed by atoms with Crippen molar-refractivity contribution in [2.75, 3.05) is 18.6 Å². The molecule has 0 aliphatic carbocycles. The number of anilines is 1. The van der Waals surface area contributed by atoms with E-state index in [0.29, 0.717) is 29.3 Å². The summed E-state index contributed by atoms with van der Waals surface area (Å²) < 4.78 is 10.6. The number of aryl methyl sites for hydroxylation is 1. The molecule has 1 N–H and O–H groups in total. The minimum atomic E-state index is -0.392. The number of hydrogen-bond acceptors (Lipinski definition) is 5. The molecule has 0 fully saturated rings. The number of H-pyrrole nitrogens is 1. The number of benzene rings is 2. The predicted molar refractivity (Wildman–Crippen MR) is 107 cm³/mol. The van der Waals surface area contributed by atoms with Crippen LogP contribution in [0.5, 0.6) is 5.75 Å². The molecular weight excluding hydrogens is 370 g/mol. The normalized spacial score (nSPS) is 15.3. The van der Waals surface area contributed by atoms with Crippen LogP contribution in [0, 0.1) is 6.92 Å². The van der Waals surface area contributed by atoms with Crippen LogP contribution in [-0.4, -0.2) is 35.8 Å². The van der Waals surface area contributed by atoms with Gasteiger partial charge in [-0.3, -0.25) is 14.8 Å². The standard InChI is InChI=1S/C22H21N3O4/c1-4-29-22(27)14-9-11-15(12-10-14)25-20(16-7-5-6-8-17(16)28-3)18-13(2)23-24-19(18)21(25)26/h5-12,20H,4H2,1-3H3,(H,23,24)/t20-/m1/s1. The molecule has 2 heterocycles. The Morgan fingerprint density at radius 2 is 1.90 bits per heavy atom. The lowest BCUT2D eigenvalue weighted by molar-refractivity contribution is 0.0526. The van der Waals surface area contributed by atoms with Crippen LogP contribution in [0.15, 0.2) is 48.5 Å². The first-order valence-corrected chi connectivity index (χ1v) is 9.35. The highest BCUT2D eigenvalue weighted by molar-refractivity contribution is 6.11. The Morgan fingerprint density at radius 1 is 1.17 bits per heavy atom. The number of amides is 1. The lowest BCUT2D eigenvalue weighted by Gasteiger charge is -2.27. The third-order valence-corrected chi connectivity index (χ3v) is 5.04. The maximum atomic E-state index is 13.2. The van der Waals surface area contributed by atoms with Crippen molar-refractivity contribution in [3.05, 3.63) is 76.6 Å². The van der Waals surface area contributed by atoms with Gasteiger partial charge < -0.3 is 9.47 Å². The summed E-state index contributed by atoms with van der Waals surface area (Å²) >= 11 is 0. The van der Waals surface area contributed by atoms with Gasteiger partial charge in [0.2, 0.25) is 0 Å². The van der Waals surface area contributed by atoms with Gasteiger partial charge in [-0.15, -0.1) is 0 Å². The van der Waals surface area contributed by atoms with Crippen LogP contribution in [0.1, 0.15) is 50.6 Å². The number of carbonyl (C=O) groups is 2. The summed E-state index contributed by atoms with van der Waals surface area (Å²) in [5.74, 6) is 0.0908. The number of carbonyl (C=O) groups excluding carboxylic acids is 2. The number of ether oxygens (including phenoxy) is 2. The molecule has 29 heavy (non-hydrogen) atoms. The zero-order valence-corrected chi connectivity index (χ0v) is 16.4. The van der Waals surface area contributed by atoms with Gasteiger partial charge in [0, 0.05) is 22.5 Å². The van der Waals surface area contributed by atoms with Crippen molar-refractivity contribution >= 4 is 17.6 Å². The van der Waals surface area contributed by atoms with E-state index in [9.17, 15) is 9.59 Å². The minimum Gasteiger partial charge on any atom is -0.496 e. The number of rotatable bonds is 5. The lowest BCUT2D eigenvalue weighted by Crippen LogP contribution is -2.29. The van der Waals surface area contributed by atoms with Crippen LogP contribution in [-0.2, 0) is 4.74 Å². The van der Waals surface area contributed by atoms with Crippen molar-refractivity contribution in [3.63, 3.8) is 0 Å². The first kappa shape index (κ1) is 18.7. The second-order valence-corrected chi connectivity index (χ2v) is 6.70. The zero-order valence-electron chi connectivity index (χ0n) is 16.4. The fourth-order valence-corrected chi connectivity index (χ4v) is 3.72. The summed E-state index contributed by atoms with van der Waals surface area (Å²) in [5.41, 5.74) is 4.01. The van der Waals surface area contributed by atoms with E-state index < -0.39 is 5.97 Å². The molecule has 4 rings (SSSR count). The molecule has 0 radical (unpaired) electrons. The molecule has 3 aromatic rings. The van der Waals surface area contributed by atoms with Crippen molar-refractivity contribution in [2.24, 2.45) is 0 Å². The topological polar surface area (TPSA) is 84.5 Å². The number of esters is 1. The molecule has 1 atom stereocenters. The molecule has 0 bridgehead atoms. The van der Waals surface area contributed by atoms with Crippen LogP contribution in [0.3, 0.4) is 0 Å². The van der Waals surface area contributed by atoms with Gasteiger partial charge in [0.15, 0.2) is 5.69 Å². The molecule has 7 heteroatoms. The number of aromatic amines is 1. The van der Waals surface area contributed by atoms with Gasteiger partial charge in [0.05, 0.1) is 25.3 Å². The van der Waals surface area contributed by atoms with Gasteiger partial charge >= 0.3 is 5.97 Å². The van der Waals surface area contributed by atoms with Crippen molar-refractivity contribution < 1.29 is 19.1 Å². The number of aromatic nitrogens is 2. The van der Waals surface area contributed by atoms with E-state index in [0.717, 1.165) is 16.8 Å². The molecule has 1 aliphatic heterocycles. The van der Waals surface area contributed by atoms with Crippen molar-refractivity contribution in [1.29, 1.82) is 0 Å². The summed E-state index contributed by atoms with van der Waals surface area (Å²) in [4.78, 5) is 26.9. The first-order valence-electron chi connectivity index (χ1n) is 9.35. The van der Waals surface area contributed by atoms with Crippen molar-refractivity contribution in [1.82, 2.24) is 10.2 Å². The number of hydrogen-bond donors (Lipinski definition) is 1. The largest absolute Gasteiger partial charge is 0.496 e. The monoisotopic (exact) mass is 391 g/mol. The van der Waals surface area contributed by atoms with Gasteiger partial charge in [-0.05, 0) is 44.2 Å². The molecule has 1 aliphatic rings. The number of nitrogens with one attached hydrogen (secondary N) is 1. The molecule has 1 amide bonds. The highest BCUT2D eigenvalue weighted by atomic mass is 16.5. The second-order valence-electron chi connectivity index (χ2n) is 6.70. The van der Waals surface area contributed by atoms with Crippen LogP contribution >= 0.6 is 0 Å². The molecule has 148 valence electrons. The van der Waals surface area contributed by atoms with E-state index >= 15 is 0 Å². The number of fused-ring (bicyclic) bond motifs is 1. The SMILES string of the molecule is CCOC(=O)c1ccc(N2C(=O)c3n[nH]c(C)c3[C@H]2c2ccccc2OC)cc1. The van der Waals surface area contributed by atoms with Gasteiger partial charge in [0.25, 0.3) is 5.91 Å². The quantitative estimate of drug-likeness (QED) is 0.671. The van der Waals surface area contributed by atoms with E-state index in [1.54, 1.807) is 43.2 Å². The first-order chi connectivity index (χ1) is 14.1. The van der Waals surface area contributed by atoms with Gasteiger partial charge in [-0.25, -0.2) is 4.79 Å². The Kier molecular flexibility index (Phi) is 4.80. The molecule has 0 unspecified atom stereocenters. The van der Waals surface area contributed by atoms with E-state index in [4.69, 9.17) is 9.47 Å². The third-order valence-electron chi connectivity index (χ3n) is 5.04. The number of methoxy groups -OCH3 is 1. The van der Waals surface area contributed by atoms with Crippen LogP contribution in [0.2, 0.25) is 0 Å². The molecule has 0 saturated carbocycles. The van der Waals surface area contributed by atoms with Gasteiger partial charge in [-0.2, -0.15) is 5.10 Å². The van der Waals surface area contributed by atoms with E-state index in [-0.39, 0.29) is 11.9 Å². The Morgan fingerprint density at radius 3 is 2.59 bits per heavy atom. The maximum Gasteiger partial charge on any atom is 0.338 e. The Balaban J connectivity index is 1.81. The van der Waals surface area contributed by atoms with Crippen LogP contribution < -0.4 is 9.64 Å². The average molecular weight is 391 g/mol. The molecule has 2 aromatic carbocycles. The van der Waals surface area contributed by atoms with Crippen molar-refractivity contribution in [3.8, 4) is 5.75 Å². The van der Waals surface area contributed by atoms with E-state index in [2.05, 4.69) is 10.2 Å². The molecule has 1 aromatic heterocycles. The average Bonchev–Trinajstić information content (AvgIpc) is 3.26. The smallest absolute Gasteiger partial charge is 0.338 e. The molecular formula is C22H21N3O4. The predicted octanol–water partition coefficient (Wildman–Crippen LogP) is 3.65. The third kappa shape index (κ3) is 3.04. The fraction of sp³-hybridized carbons (Fsp3) is 0.227. The van der Waals surface area contributed by atoms with Gasteiger partial charge in [0.1, 0.15) is 5.75 Å². The Bertz CT molecular complexity index is 1070. The molecule has 0 saturated heterocycles. The minimum absolute atomic E-state index is 0.204. The maximum absolute atomic E-state index is 13.2. The number of nitrogens with zero attached hydrogens (tertiary/aromatic N) is 2. The molecule has 7 nitrogen and oxygen atoms in total. The summed E-state index contributed by atoms with van der Waals surface area (Å²) in [6.45, 7) is 3.97. The summed E-state index contributed by atoms with van der Waals surface area (Å²) in [7, 11) is 1.61. The van der Waals surface area contributed by atoms with Crippen LogP contribution in [0.25, 0.3) is 0 Å². The second kappa shape index (κ2) is 7.43. The summed E-state index contributed by atoms with van der Waals surface area (Å²) in [6.07, 6.45) is 0. The molecule has 0 spiro atoms. The lowest BCUT2D eigenvalue weighted by atomic mass is 9.98. The summed E-state index contributed by atoms with van der Waals surface area (Å²) in [5, 5.41) is 7.14. The highest BCUT2D eigenvalue weighted by Gasteiger charge is 2.43. The Labute approximate surface area is 168 Å².